The van der Waals surface area contributed by atoms with Crippen molar-refractivity contribution in [2.24, 2.45) is 0 Å². The van der Waals surface area contributed by atoms with E-state index in [-0.39, 0.29) is 0 Å². The first-order chi connectivity index (χ1) is 14.9. The fourth-order valence-electron chi connectivity index (χ4n) is 5.41. The molecule has 2 atom stereocenters. The van der Waals surface area contributed by atoms with Crippen LogP contribution in [0.3, 0.4) is 0 Å². The Morgan fingerprint density at radius 2 is 1.29 bits per heavy atom. The molecule has 0 aromatic heterocycles. The van der Waals surface area contributed by atoms with Crippen LogP contribution in [-0.4, -0.2) is 8.80 Å². The standard InChI is InChI=1S/C30H34Si/c1-20-16-21(2)18-27(17-20)31(29-15-11-10-12-22(29)3)19-28-24(5)23(4)25(6)30(28)26-13-8-7-9-14-26/h7-18,30-31H,19H2,1-6H3. The van der Waals surface area contributed by atoms with Crippen molar-refractivity contribution in [1.29, 1.82) is 0 Å². The number of hydrogen-bond donors (Lipinski definition) is 0. The zero-order chi connectivity index (χ0) is 22.1. The Morgan fingerprint density at radius 1 is 0.677 bits per heavy atom. The Labute approximate surface area is 190 Å². The van der Waals surface area contributed by atoms with Crippen molar-refractivity contribution >= 4 is 19.2 Å². The smallest absolute Gasteiger partial charge is 0.0627 e. The van der Waals surface area contributed by atoms with E-state index in [1.54, 1.807) is 15.9 Å². The van der Waals surface area contributed by atoms with Gasteiger partial charge in [0.05, 0.1) is 0 Å². The normalized spacial score (nSPS) is 17.4. The maximum Gasteiger partial charge on any atom is 0.107 e. The lowest BCUT2D eigenvalue weighted by Crippen LogP contribution is -2.44. The van der Waals surface area contributed by atoms with E-state index in [1.807, 2.05) is 0 Å². The molecule has 0 saturated carbocycles. The lowest BCUT2D eigenvalue weighted by Gasteiger charge is -2.25. The van der Waals surface area contributed by atoms with E-state index in [4.69, 9.17) is 0 Å². The first kappa shape index (κ1) is 21.6. The second-order valence-electron chi connectivity index (χ2n) is 9.34. The van der Waals surface area contributed by atoms with Gasteiger partial charge in [0.15, 0.2) is 0 Å². The summed E-state index contributed by atoms with van der Waals surface area (Å²) in [4.78, 5) is 0. The molecule has 0 nitrogen and oxygen atoms in total. The second-order valence-corrected chi connectivity index (χ2v) is 12.1. The first-order valence-corrected chi connectivity index (χ1v) is 13.4. The van der Waals surface area contributed by atoms with Crippen molar-refractivity contribution < 1.29 is 0 Å². The highest BCUT2D eigenvalue weighted by molar-refractivity contribution is 6.86. The van der Waals surface area contributed by atoms with Crippen LogP contribution < -0.4 is 10.4 Å². The van der Waals surface area contributed by atoms with Gasteiger partial charge in [-0.25, -0.2) is 0 Å². The molecule has 0 fully saturated rings. The largest absolute Gasteiger partial charge is 0.107 e. The molecule has 0 aliphatic heterocycles. The number of hydrogen-bond acceptors (Lipinski definition) is 0. The maximum absolute atomic E-state index is 2.45. The topological polar surface area (TPSA) is 0 Å². The molecule has 3 aromatic rings. The van der Waals surface area contributed by atoms with Gasteiger partial charge in [-0.3, -0.25) is 0 Å². The molecular formula is C30H34Si. The maximum atomic E-state index is 2.45. The molecular weight excluding hydrogens is 388 g/mol. The Kier molecular flexibility index (Phi) is 6.16. The van der Waals surface area contributed by atoms with E-state index in [2.05, 4.69) is 114 Å². The molecule has 1 aliphatic carbocycles. The van der Waals surface area contributed by atoms with Gasteiger partial charge in [-0.1, -0.05) is 111 Å². The predicted molar refractivity (Wildman–Crippen MR) is 139 cm³/mol. The Balaban J connectivity index is 1.84. The number of benzene rings is 3. The molecule has 2 unspecified atom stereocenters. The van der Waals surface area contributed by atoms with Crippen molar-refractivity contribution in [1.82, 2.24) is 0 Å². The van der Waals surface area contributed by atoms with Crippen LogP contribution in [0.25, 0.3) is 0 Å². The van der Waals surface area contributed by atoms with Crippen LogP contribution in [0.15, 0.2) is 95.1 Å². The highest BCUT2D eigenvalue weighted by Crippen LogP contribution is 2.45. The minimum atomic E-state index is -1.44. The Bertz CT molecular complexity index is 1140. The molecule has 0 bridgehead atoms. The van der Waals surface area contributed by atoms with Gasteiger partial charge in [-0.2, -0.15) is 0 Å². The Morgan fingerprint density at radius 3 is 1.94 bits per heavy atom. The van der Waals surface area contributed by atoms with E-state index in [9.17, 15) is 0 Å². The lowest BCUT2D eigenvalue weighted by molar-refractivity contribution is 0.932. The van der Waals surface area contributed by atoms with Gasteiger partial charge < -0.3 is 0 Å². The Hall–Kier alpha value is -2.64. The summed E-state index contributed by atoms with van der Waals surface area (Å²) in [6.45, 7) is 13.8. The molecule has 1 aliphatic rings. The third-order valence-corrected chi connectivity index (χ3v) is 10.6. The fourth-order valence-corrected chi connectivity index (χ4v) is 9.13. The average molecular weight is 423 g/mol. The second kappa shape index (κ2) is 8.84. The quantitative estimate of drug-likeness (QED) is 0.417. The molecule has 0 amide bonds. The minimum Gasteiger partial charge on any atom is -0.0627 e. The summed E-state index contributed by atoms with van der Waals surface area (Å²) in [5.41, 5.74) is 11.8. The summed E-state index contributed by atoms with van der Waals surface area (Å²) in [5, 5.41) is 3.16. The van der Waals surface area contributed by atoms with Gasteiger partial charge in [0.1, 0.15) is 8.80 Å². The third kappa shape index (κ3) is 4.25. The molecule has 0 N–H and O–H groups in total. The summed E-state index contributed by atoms with van der Waals surface area (Å²) in [6, 6.07) is 28.6. The van der Waals surface area contributed by atoms with Crippen LogP contribution in [0, 0.1) is 20.8 Å². The molecule has 4 rings (SSSR count). The van der Waals surface area contributed by atoms with Crippen molar-refractivity contribution in [3.05, 3.63) is 117 Å². The minimum absolute atomic E-state index is 0.422. The molecule has 0 saturated heterocycles. The summed E-state index contributed by atoms with van der Waals surface area (Å²) in [5.74, 6) is 0.422. The molecule has 1 heteroatoms. The molecule has 0 heterocycles. The van der Waals surface area contributed by atoms with Crippen molar-refractivity contribution in [2.75, 3.05) is 0 Å². The highest BCUT2D eigenvalue weighted by atomic mass is 28.3. The summed E-state index contributed by atoms with van der Waals surface area (Å²) < 4.78 is 0. The van der Waals surface area contributed by atoms with E-state index in [0.717, 1.165) is 0 Å². The van der Waals surface area contributed by atoms with Gasteiger partial charge >= 0.3 is 0 Å². The van der Waals surface area contributed by atoms with Crippen LogP contribution >= 0.6 is 0 Å². The summed E-state index contributed by atoms with van der Waals surface area (Å²) in [6.07, 6.45) is 0. The fraction of sp³-hybridized carbons (Fsp3) is 0.267. The van der Waals surface area contributed by atoms with Crippen molar-refractivity contribution in [3.8, 4) is 0 Å². The zero-order valence-electron chi connectivity index (χ0n) is 19.8. The van der Waals surface area contributed by atoms with Crippen LogP contribution in [0.1, 0.15) is 48.9 Å². The van der Waals surface area contributed by atoms with Crippen LogP contribution in [0.5, 0.6) is 0 Å². The van der Waals surface area contributed by atoms with Gasteiger partial charge in [0, 0.05) is 5.92 Å². The van der Waals surface area contributed by atoms with Gasteiger partial charge in [-0.05, 0) is 64.3 Å². The van der Waals surface area contributed by atoms with E-state index < -0.39 is 8.80 Å². The van der Waals surface area contributed by atoms with Crippen LogP contribution in [0.4, 0.5) is 0 Å². The van der Waals surface area contributed by atoms with Crippen molar-refractivity contribution in [3.63, 3.8) is 0 Å². The lowest BCUT2D eigenvalue weighted by atomic mass is 9.89. The zero-order valence-corrected chi connectivity index (χ0v) is 20.9. The molecule has 31 heavy (non-hydrogen) atoms. The van der Waals surface area contributed by atoms with E-state index in [0.29, 0.717) is 5.92 Å². The van der Waals surface area contributed by atoms with Crippen molar-refractivity contribution in [2.45, 2.75) is 53.5 Å². The number of allylic oxidation sites excluding steroid dienone is 4. The van der Waals surface area contributed by atoms with Gasteiger partial charge in [0.2, 0.25) is 0 Å². The number of rotatable bonds is 5. The SMILES string of the molecule is CC1=C(C)C(c2ccccc2)C(C[SiH](c2cc(C)cc(C)c2)c2ccccc2C)=C1C. The average Bonchev–Trinajstić information content (AvgIpc) is 2.96. The van der Waals surface area contributed by atoms with E-state index in [1.165, 1.54) is 45.0 Å². The van der Waals surface area contributed by atoms with E-state index >= 15 is 0 Å². The first-order valence-electron chi connectivity index (χ1n) is 11.4. The molecule has 3 aromatic carbocycles. The number of aryl methyl sites for hydroxylation is 3. The monoisotopic (exact) mass is 422 g/mol. The van der Waals surface area contributed by atoms with Gasteiger partial charge in [-0.15, -0.1) is 0 Å². The van der Waals surface area contributed by atoms with Crippen LogP contribution in [-0.2, 0) is 0 Å². The summed E-state index contributed by atoms with van der Waals surface area (Å²) in [7, 11) is -1.44. The molecule has 0 radical (unpaired) electrons. The summed E-state index contributed by atoms with van der Waals surface area (Å²) >= 11 is 0. The highest BCUT2D eigenvalue weighted by Gasteiger charge is 2.32. The van der Waals surface area contributed by atoms with Crippen LogP contribution in [0.2, 0.25) is 6.04 Å². The predicted octanol–water partition coefficient (Wildman–Crippen LogP) is 6.40. The molecule has 158 valence electrons. The van der Waals surface area contributed by atoms with Gasteiger partial charge in [0.25, 0.3) is 0 Å². The molecule has 0 spiro atoms. The third-order valence-electron chi connectivity index (χ3n) is 7.18.